The van der Waals surface area contributed by atoms with Crippen molar-refractivity contribution >= 4 is 11.8 Å². The zero-order valence-corrected chi connectivity index (χ0v) is 42.9. The lowest BCUT2D eigenvalue weighted by molar-refractivity contribution is -0.256. The Bertz CT molecular complexity index is 2230. The van der Waals surface area contributed by atoms with Gasteiger partial charge in [-0.15, -0.1) is 6.58 Å². The van der Waals surface area contributed by atoms with Gasteiger partial charge in [0.2, 0.25) is 12.6 Å². The number of aliphatic hydroxyl groups excluding tert-OH is 2. The lowest BCUT2D eigenvalue weighted by atomic mass is 9.55. The maximum absolute atomic E-state index is 15.2. The van der Waals surface area contributed by atoms with Gasteiger partial charge in [-0.25, -0.2) is 4.79 Å². The molecule has 3 aromatic carbocycles. The highest BCUT2D eigenvalue weighted by atomic mass is 16.7. The summed E-state index contributed by atoms with van der Waals surface area (Å²) in [6.07, 6.45) is 20.3. The Labute approximate surface area is 428 Å². The van der Waals surface area contributed by atoms with E-state index in [-0.39, 0.29) is 70.5 Å². The van der Waals surface area contributed by atoms with E-state index in [4.69, 9.17) is 38.4 Å². The molecule has 2 aliphatic carbocycles. The molecule has 3 aromatic rings. The summed E-state index contributed by atoms with van der Waals surface area (Å²) in [7, 11) is 0. The second kappa shape index (κ2) is 27.3. The molecule has 1 saturated heterocycles. The lowest BCUT2D eigenvalue weighted by Crippen LogP contribution is -2.70. The average Bonchev–Trinajstić information content (AvgIpc) is 4.11. The van der Waals surface area contributed by atoms with Crippen LogP contribution in [0.15, 0.2) is 96.2 Å². The Morgan fingerprint density at radius 3 is 2.32 bits per heavy atom. The smallest absolute Gasteiger partial charge is 0.410 e. The Balaban J connectivity index is 1.21. The van der Waals surface area contributed by atoms with Gasteiger partial charge in [-0.05, 0) is 91.0 Å². The molecular weight excluding hydrogens is 911 g/mol. The first-order valence-corrected chi connectivity index (χ1v) is 27.4. The molecule has 392 valence electrons. The maximum atomic E-state index is 15.2. The van der Waals surface area contributed by atoms with Crippen LogP contribution < -0.4 is 18.9 Å². The Morgan fingerprint density at radius 2 is 1.57 bits per heavy atom. The Kier molecular flexibility index (Phi) is 20.2. The van der Waals surface area contributed by atoms with Crippen molar-refractivity contribution in [2.75, 3.05) is 59.5 Å². The van der Waals surface area contributed by atoms with E-state index in [1.165, 1.54) is 44.9 Å². The van der Waals surface area contributed by atoms with Crippen LogP contribution >= 0.6 is 0 Å². The van der Waals surface area contributed by atoms with Crippen LogP contribution in [0.25, 0.3) is 0 Å². The third-order valence-electron chi connectivity index (χ3n) is 15.2. The number of carbonyl (C=O) groups excluding carboxylic acids is 1. The topological polar surface area (TPSA) is 141 Å². The van der Waals surface area contributed by atoms with Crippen molar-refractivity contribution in [2.45, 2.75) is 147 Å². The first-order valence-electron chi connectivity index (χ1n) is 27.4. The number of oxime groups is 1. The number of ether oxygens (including phenoxy) is 6. The highest BCUT2D eigenvalue weighted by Gasteiger charge is 2.66. The summed E-state index contributed by atoms with van der Waals surface area (Å²) >= 11 is 0. The number of hydrogen-bond acceptors (Lipinski definition) is 12. The number of benzene rings is 3. The zero-order chi connectivity index (χ0) is 50.0. The molecule has 1 amide bonds. The van der Waals surface area contributed by atoms with E-state index < -0.39 is 23.8 Å². The molecule has 3 heterocycles. The summed E-state index contributed by atoms with van der Waals surface area (Å²) in [5.74, 6) is 0.771. The van der Waals surface area contributed by atoms with Gasteiger partial charge in [0.15, 0.2) is 11.5 Å². The molecule has 2 fully saturated rings. The van der Waals surface area contributed by atoms with E-state index in [2.05, 4.69) is 30.5 Å². The van der Waals surface area contributed by atoms with Gasteiger partial charge in [0.1, 0.15) is 30.8 Å². The van der Waals surface area contributed by atoms with Gasteiger partial charge in [0, 0.05) is 57.3 Å². The molecular formula is C59H81N3O10. The number of fused-ring (bicyclic) bond motifs is 3. The van der Waals surface area contributed by atoms with Crippen LogP contribution in [0.3, 0.4) is 0 Å². The van der Waals surface area contributed by atoms with Gasteiger partial charge < -0.3 is 43.5 Å². The molecule has 8 rings (SSSR count). The molecule has 6 atom stereocenters. The number of nitrogens with zero attached hydrogens (tertiary/aromatic N) is 3. The van der Waals surface area contributed by atoms with Crippen molar-refractivity contribution in [1.29, 1.82) is 0 Å². The van der Waals surface area contributed by atoms with Crippen LogP contribution in [0, 0.1) is 17.8 Å². The van der Waals surface area contributed by atoms with Crippen LogP contribution in [0.2, 0.25) is 0 Å². The summed E-state index contributed by atoms with van der Waals surface area (Å²) in [6, 6.07) is 21.2. The van der Waals surface area contributed by atoms with E-state index in [9.17, 15) is 10.2 Å². The quantitative estimate of drug-likeness (QED) is 0.0267. The second-order valence-electron chi connectivity index (χ2n) is 20.3. The van der Waals surface area contributed by atoms with Crippen LogP contribution in [-0.2, 0) is 27.5 Å². The van der Waals surface area contributed by atoms with Crippen LogP contribution in [0.4, 0.5) is 4.79 Å². The van der Waals surface area contributed by atoms with E-state index in [1.54, 1.807) is 11.0 Å². The number of allylic oxidation sites excluding steroid dienone is 1. The molecule has 0 aromatic heterocycles. The van der Waals surface area contributed by atoms with Crippen molar-refractivity contribution in [2.24, 2.45) is 22.9 Å². The molecule has 72 heavy (non-hydrogen) atoms. The molecule has 5 aliphatic rings. The Hall–Kier alpha value is -5.08. The minimum atomic E-state index is -1.45. The molecule has 1 saturated carbocycles. The SMILES string of the molecule is C=CCO[C@@]12Oc3ccc(OCCN4CC4)cc3[C@H]3[C@H](CCCCO)[C@@H](CCCCO)C=C(C(=NOCc4ccccc4)C[C@@H]1N(Cc1ccc4c(c1)OCO4)C(=O)OCCCCCCCCCCCC)[C@H]32. The molecule has 3 aliphatic heterocycles. The van der Waals surface area contributed by atoms with Gasteiger partial charge in [-0.1, -0.05) is 131 Å². The van der Waals surface area contributed by atoms with Crippen molar-refractivity contribution in [3.05, 3.63) is 108 Å². The maximum Gasteiger partial charge on any atom is 0.410 e. The summed E-state index contributed by atoms with van der Waals surface area (Å²) in [4.78, 5) is 25.7. The van der Waals surface area contributed by atoms with Crippen molar-refractivity contribution < 1.29 is 48.3 Å². The van der Waals surface area contributed by atoms with Gasteiger partial charge in [-0.2, -0.15) is 0 Å². The summed E-state index contributed by atoms with van der Waals surface area (Å²) in [5, 5.41) is 25.2. The number of carbonyl (C=O) groups is 1. The van der Waals surface area contributed by atoms with Crippen molar-refractivity contribution in [3.8, 4) is 23.0 Å². The standard InChI is InChI=1S/C59H81N3O10/c1-3-5-6-7-8-9-10-11-12-20-35-67-58(65)62(41-45-25-27-53-54(37-45)69-43-68-53)55-40-51(60-71-42-44-21-14-13-15-22-44)49-38-46(23-16-18-32-63)48(24-17-19-33-64)56-50-39-47(66-36-31-61-29-30-61)26-28-52(50)72-59(55,57(49)56)70-34-4-2/h4,13-15,21-22,25-28,37-39,46,48,55-57,63-64H,2-3,5-12,16-20,23-24,29-36,40-43H2,1H3/t46-,48+,55-,56+,57+,59+/m0/s1. The van der Waals surface area contributed by atoms with Crippen LogP contribution in [-0.4, -0.2) is 103 Å². The van der Waals surface area contributed by atoms with E-state index in [1.807, 2.05) is 60.7 Å². The fourth-order valence-electron chi connectivity index (χ4n) is 11.5. The molecule has 13 nitrogen and oxygen atoms in total. The number of unbranched alkanes of at least 4 members (excludes halogenated alkanes) is 11. The molecule has 13 heteroatoms. The Morgan fingerprint density at radius 1 is 0.833 bits per heavy atom. The highest BCUT2D eigenvalue weighted by Crippen LogP contribution is 2.62. The fourth-order valence-corrected chi connectivity index (χ4v) is 11.5. The number of amides is 1. The van der Waals surface area contributed by atoms with Gasteiger partial charge >= 0.3 is 6.09 Å². The van der Waals surface area contributed by atoms with Gasteiger partial charge in [0.05, 0.1) is 24.8 Å². The second-order valence-corrected chi connectivity index (χ2v) is 20.3. The molecule has 0 bridgehead atoms. The predicted molar refractivity (Wildman–Crippen MR) is 279 cm³/mol. The van der Waals surface area contributed by atoms with E-state index in [0.29, 0.717) is 36.7 Å². The highest BCUT2D eigenvalue weighted by molar-refractivity contribution is 6.03. The molecule has 2 N–H and O–H groups in total. The minimum absolute atomic E-state index is 0.0713. The summed E-state index contributed by atoms with van der Waals surface area (Å²) < 4.78 is 39.2. The van der Waals surface area contributed by atoms with E-state index in [0.717, 1.165) is 98.3 Å². The van der Waals surface area contributed by atoms with Crippen molar-refractivity contribution in [3.63, 3.8) is 0 Å². The zero-order valence-electron chi connectivity index (χ0n) is 42.9. The summed E-state index contributed by atoms with van der Waals surface area (Å²) in [6.45, 7) is 11.2. The molecule has 0 radical (unpaired) electrons. The lowest BCUT2D eigenvalue weighted by Gasteiger charge is -2.59. The number of rotatable bonds is 32. The first-order chi connectivity index (χ1) is 35.5. The van der Waals surface area contributed by atoms with Crippen LogP contribution in [0.1, 0.15) is 139 Å². The normalized spacial score (nSPS) is 23.1. The first kappa shape index (κ1) is 53.2. The minimum Gasteiger partial charge on any atom is -0.492 e. The largest absolute Gasteiger partial charge is 0.492 e. The van der Waals surface area contributed by atoms with Gasteiger partial charge in [0.25, 0.3) is 0 Å². The fraction of sp³-hybridized carbons (Fsp3) is 0.593. The van der Waals surface area contributed by atoms with Crippen molar-refractivity contribution in [1.82, 2.24) is 9.80 Å². The predicted octanol–water partition coefficient (Wildman–Crippen LogP) is 11.5. The molecule has 0 spiro atoms. The number of aliphatic hydroxyl groups is 2. The van der Waals surface area contributed by atoms with E-state index >= 15 is 4.79 Å². The van der Waals surface area contributed by atoms with Gasteiger partial charge in [-0.3, -0.25) is 9.80 Å². The molecule has 0 unspecified atom stereocenters. The average molecular weight is 992 g/mol. The third-order valence-corrected chi connectivity index (χ3v) is 15.2. The van der Waals surface area contributed by atoms with Crippen LogP contribution in [0.5, 0.6) is 23.0 Å². The summed E-state index contributed by atoms with van der Waals surface area (Å²) in [5.41, 5.74) is 4.53. The third kappa shape index (κ3) is 13.7. The number of hydrogen-bond donors (Lipinski definition) is 2. The monoisotopic (exact) mass is 992 g/mol.